The normalized spacial score (nSPS) is 20.8. The Morgan fingerprint density at radius 1 is 1.35 bits per heavy atom. The third kappa shape index (κ3) is 3.20. The molecule has 1 aliphatic rings. The molecule has 1 saturated heterocycles. The maximum atomic E-state index is 5.60. The van der Waals surface area contributed by atoms with Gasteiger partial charge in [0, 0.05) is 32.4 Å². The first kappa shape index (κ1) is 12.4. The highest BCUT2D eigenvalue weighted by Crippen LogP contribution is 2.19. The predicted molar refractivity (Wildman–Crippen MR) is 73.2 cm³/mol. The van der Waals surface area contributed by atoms with E-state index in [9.17, 15) is 0 Å². The monoisotopic (exact) mass is 233 g/mol. The number of likely N-dealkylation sites (tertiary alicyclic amines) is 1. The van der Waals surface area contributed by atoms with Crippen LogP contribution in [0.5, 0.6) is 0 Å². The van der Waals surface area contributed by atoms with Crippen LogP contribution < -0.4 is 10.6 Å². The van der Waals surface area contributed by atoms with Crippen molar-refractivity contribution in [1.29, 1.82) is 0 Å². The molecule has 3 nitrogen and oxygen atoms in total. The number of nitrogens with zero attached hydrogens (tertiary/aromatic N) is 2. The largest absolute Gasteiger partial charge is 0.374 e. The third-order valence-corrected chi connectivity index (χ3v) is 3.63. The minimum absolute atomic E-state index is 0.622. The predicted octanol–water partition coefficient (Wildman–Crippen LogP) is 1.53. The zero-order chi connectivity index (χ0) is 12.3. The Balaban J connectivity index is 1.92. The summed E-state index contributed by atoms with van der Waals surface area (Å²) >= 11 is 0. The van der Waals surface area contributed by atoms with E-state index in [0.29, 0.717) is 6.54 Å². The van der Waals surface area contributed by atoms with Gasteiger partial charge in [-0.25, -0.2) is 0 Å². The van der Waals surface area contributed by atoms with Crippen molar-refractivity contribution in [2.75, 3.05) is 38.6 Å². The molecule has 3 heteroatoms. The highest BCUT2D eigenvalue weighted by molar-refractivity contribution is 5.46. The van der Waals surface area contributed by atoms with E-state index in [-0.39, 0.29) is 0 Å². The summed E-state index contributed by atoms with van der Waals surface area (Å²) in [5.41, 5.74) is 8.09. The summed E-state index contributed by atoms with van der Waals surface area (Å²) in [6, 6.07) is 8.57. The number of nitrogens with two attached hydrogens (primary N) is 1. The fourth-order valence-corrected chi connectivity index (χ4v) is 2.55. The Bertz CT molecular complexity index is 347. The van der Waals surface area contributed by atoms with Crippen molar-refractivity contribution in [1.82, 2.24) is 4.90 Å². The van der Waals surface area contributed by atoms with E-state index in [4.69, 9.17) is 5.73 Å². The van der Waals surface area contributed by atoms with Gasteiger partial charge in [0.25, 0.3) is 0 Å². The van der Waals surface area contributed by atoms with E-state index in [1.54, 1.807) is 0 Å². The number of rotatable bonds is 4. The fraction of sp³-hybridized carbons (Fsp3) is 0.571. The molecular formula is C14H23N3. The topological polar surface area (TPSA) is 32.5 Å². The fourth-order valence-electron chi connectivity index (χ4n) is 2.55. The van der Waals surface area contributed by atoms with Crippen molar-refractivity contribution in [2.45, 2.75) is 13.0 Å². The van der Waals surface area contributed by atoms with Crippen LogP contribution in [0.3, 0.4) is 0 Å². The van der Waals surface area contributed by atoms with Crippen molar-refractivity contribution >= 4 is 5.69 Å². The lowest BCUT2D eigenvalue weighted by atomic mass is 10.1. The molecule has 1 heterocycles. The second-order valence-electron chi connectivity index (χ2n) is 5.17. The molecule has 2 rings (SSSR count). The quantitative estimate of drug-likeness (QED) is 0.856. The maximum Gasteiger partial charge on any atom is 0.0363 e. The summed E-state index contributed by atoms with van der Waals surface area (Å²) < 4.78 is 0. The van der Waals surface area contributed by atoms with Gasteiger partial charge >= 0.3 is 0 Å². The first-order chi connectivity index (χ1) is 8.19. The number of hydrogen-bond donors (Lipinski definition) is 1. The first-order valence-corrected chi connectivity index (χ1v) is 6.37. The van der Waals surface area contributed by atoms with Crippen LogP contribution in [0.1, 0.15) is 12.0 Å². The molecule has 94 valence electrons. The van der Waals surface area contributed by atoms with Gasteiger partial charge in [-0.1, -0.05) is 12.1 Å². The van der Waals surface area contributed by atoms with E-state index in [1.807, 2.05) is 0 Å². The van der Waals surface area contributed by atoms with Crippen LogP contribution in [0.15, 0.2) is 24.3 Å². The van der Waals surface area contributed by atoms with Gasteiger partial charge in [0.05, 0.1) is 0 Å². The number of benzene rings is 1. The molecular weight excluding hydrogens is 210 g/mol. The Morgan fingerprint density at radius 3 is 2.59 bits per heavy atom. The minimum Gasteiger partial charge on any atom is -0.374 e. The zero-order valence-electron chi connectivity index (χ0n) is 10.9. The second-order valence-corrected chi connectivity index (χ2v) is 5.17. The average molecular weight is 233 g/mol. The summed E-state index contributed by atoms with van der Waals surface area (Å²) in [5.74, 6) is 0.805. The molecule has 1 aromatic rings. The summed E-state index contributed by atoms with van der Waals surface area (Å²) in [5, 5.41) is 0. The van der Waals surface area contributed by atoms with Gasteiger partial charge in [0.1, 0.15) is 0 Å². The van der Waals surface area contributed by atoms with Gasteiger partial charge in [-0.15, -0.1) is 0 Å². The molecule has 0 aromatic heterocycles. The molecule has 1 aromatic carbocycles. The molecule has 0 saturated carbocycles. The van der Waals surface area contributed by atoms with Crippen molar-refractivity contribution in [3.05, 3.63) is 29.8 Å². The zero-order valence-corrected chi connectivity index (χ0v) is 10.9. The lowest BCUT2D eigenvalue weighted by molar-refractivity contribution is 0.396. The van der Waals surface area contributed by atoms with Gasteiger partial charge < -0.3 is 15.5 Å². The lowest BCUT2D eigenvalue weighted by Gasteiger charge is -2.23. The highest BCUT2D eigenvalue weighted by Gasteiger charge is 2.20. The molecule has 1 aliphatic heterocycles. The molecule has 1 unspecified atom stereocenters. The summed E-state index contributed by atoms with van der Waals surface area (Å²) in [7, 11) is 4.38. The molecule has 0 amide bonds. The summed E-state index contributed by atoms with van der Waals surface area (Å²) in [6.45, 7) is 4.24. The van der Waals surface area contributed by atoms with E-state index in [2.05, 4.69) is 48.2 Å². The molecule has 17 heavy (non-hydrogen) atoms. The van der Waals surface area contributed by atoms with Gasteiger partial charge in [0.2, 0.25) is 0 Å². The second kappa shape index (κ2) is 5.52. The smallest absolute Gasteiger partial charge is 0.0363 e. The van der Waals surface area contributed by atoms with Crippen LogP contribution in [0.4, 0.5) is 5.69 Å². The molecule has 0 radical (unpaired) electrons. The third-order valence-electron chi connectivity index (χ3n) is 3.63. The number of hydrogen-bond acceptors (Lipinski definition) is 3. The molecule has 1 atom stereocenters. The number of anilines is 1. The Kier molecular flexibility index (Phi) is 4.02. The van der Waals surface area contributed by atoms with Crippen LogP contribution >= 0.6 is 0 Å². The maximum absolute atomic E-state index is 5.60. The van der Waals surface area contributed by atoms with E-state index in [0.717, 1.165) is 12.5 Å². The van der Waals surface area contributed by atoms with E-state index in [1.165, 1.54) is 30.8 Å². The first-order valence-electron chi connectivity index (χ1n) is 6.37. The van der Waals surface area contributed by atoms with Crippen LogP contribution in [-0.4, -0.2) is 38.6 Å². The van der Waals surface area contributed by atoms with Crippen LogP contribution in [-0.2, 0) is 6.54 Å². The van der Waals surface area contributed by atoms with E-state index < -0.39 is 0 Å². The van der Waals surface area contributed by atoms with E-state index >= 15 is 0 Å². The van der Waals surface area contributed by atoms with Crippen molar-refractivity contribution in [2.24, 2.45) is 11.7 Å². The van der Waals surface area contributed by atoms with Crippen LogP contribution in [0.2, 0.25) is 0 Å². The minimum atomic E-state index is 0.622. The standard InChI is InChI=1S/C14H23N3/c1-16-8-7-13(10-16)11-17(2)14-5-3-12(9-15)4-6-14/h3-6,13H,7-11,15H2,1-2H3. The molecule has 1 fully saturated rings. The van der Waals surface area contributed by atoms with Crippen molar-refractivity contribution in [3.63, 3.8) is 0 Å². The Hall–Kier alpha value is -1.06. The van der Waals surface area contributed by atoms with Crippen LogP contribution in [0.25, 0.3) is 0 Å². The Labute approximate surface area is 104 Å². The van der Waals surface area contributed by atoms with Gasteiger partial charge in [-0.05, 0) is 43.6 Å². The van der Waals surface area contributed by atoms with Gasteiger partial charge in [0.15, 0.2) is 0 Å². The highest BCUT2D eigenvalue weighted by atomic mass is 15.1. The lowest BCUT2D eigenvalue weighted by Crippen LogP contribution is -2.27. The summed E-state index contributed by atoms with van der Waals surface area (Å²) in [6.07, 6.45) is 1.32. The Morgan fingerprint density at radius 2 is 2.06 bits per heavy atom. The summed E-state index contributed by atoms with van der Waals surface area (Å²) in [4.78, 5) is 4.76. The van der Waals surface area contributed by atoms with Gasteiger partial charge in [-0.3, -0.25) is 0 Å². The van der Waals surface area contributed by atoms with Crippen molar-refractivity contribution in [3.8, 4) is 0 Å². The van der Waals surface area contributed by atoms with Crippen molar-refractivity contribution < 1.29 is 0 Å². The molecule has 0 bridgehead atoms. The molecule has 0 spiro atoms. The average Bonchev–Trinajstić information content (AvgIpc) is 2.75. The van der Waals surface area contributed by atoms with Crippen LogP contribution in [0, 0.1) is 5.92 Å². The van der Waals surface area contributed by atoms with Gasteiger partial charge in [-0.2, -0.15) is 0 Å². The SMILES string of the molecule is CN1CCC(CN(C)c2ccc(CN)cc2)C1. The molecule has 2 N–H and O–H groups in total. The molecule has 0 aliphatic carbocycles.